The molecule has 0 unspecified atom stereocenters. The molecule has 8 nitrogen and oxygen atoms in total. The lowest BCUT2D eigenvalue weighted by Crippen LogP contribution is -2.48. The number of hydrogen-bond acceptors (Lipinski definition) is 7. The third kappa shape index (κ3) is 6.85. The van der Waals surface area contributed by atoms with Crippen LogP contribution in [0.2, 0.25) is 0 Å². The normalized spacial score (nSPS) is 14.2. The van der Waals surface area contributed by atoms with Gasteiger partial charge in [-0.3, -0.25) is 9.78 Å². The quantitative estimate of drug-likeness (QED) is 0.389. The fourth-order valence-corrected chi connectivity index (χ4v) is 4.15. The highest BCUT2D eigenvalue weighted by Gasteiger charge is 2.33. The smallest absolute Gasteiger partial charge is 0.272 e. The van der Waals surface area contributed by atoms with Crippen LogP contribution in [0.1, 0.15) is 45.6 Å². The molecule has 2 N–H and O–H groups in total. The lowest BCUT2D eigenvalue weighted by atomic mass is 9.91. The van der Waals surface area contributed by atoms with Gasteiger partial charge in [-0.1, -0.05) is 37.3 Å². The fraction of sp³-hybridized carbons (Fsp3) is 0.379. The number of aliphatic hydroxyl groups is 2. The topological polar surface area (TPSA) is 101 Å². The van der Waals surface area contributed by atoms with Crippen molar-refractivity contribution in [2.75, 3.05) is 33.4 Å². The molecular formula is C29H34N2O6. The molecule has 4 rings (SSSR count). The summed E-state index contributed by atoms with van der Waals surface area (Å²) in [5.74, 6) is 1.44. The van der Waals surface area contributed by atoms with Crippen LogP contribution < -0.4 is 9.47 Å². The van der Waals surface area contributed by atoms with Gasteiger partial charge in [-0.25, -0.2) is 0 Å². The molecule has 1 aromatic heterocycles. The van der Waals surface area contributed by atoms with Crippen LogP contribution in [0, 0.1) is 0 Å². The summed E-state index contributed by atoms with van der Waals surface area (Å²) in [4.78, 5) is 18.9. The molecule has 0 bridgehead atoms. The summed E-state index contributed by atoms with van der Waals surface area (Å²) >= 11 is 0. The van der Waals surface area contributed by atoms with Gasteiger partial charge in [0.05, 0.1) is 26.9 Å². The number of likely N-dealkylation sites (tertiary alicyclic amines) is 1. The number of pyridine rings is 1. The van der Waals surface area contributed by atoms with Crippen molar-refractivity contribution < 1.29 is 29.2 Å². The number of aliphatic hydroxyl groups excluding tert-OH is 2. The number of rotatable bonds is 12. The van der Waals surface area contributed by atoms with E-state index in [9.17, 15) is 9.90 Å². The molecule has 1 saturated heterocycles. The number of ether oxygens (including phenoxy) is 3. The van der Waals surface area contributed by atoms with Gasteiger partial charge in [0, 0.05) is 25.2 Å². The Balaban J connectivity index is 1.31. The average Bonchev–Trinajstić information content (AvgIpc) is 2.91. The van der Waals surface area contributed by atoms with E-state index >= 15 is 0 Å². The average molecular weight is 507 g/mol. The zero-order valence-corrected chi connectivity index (χ0v) is 21.3. The van der Waals surface area contributed by atoms with Crippen molar-refractivity contribution >= 4 is 5.91 Å². The number of aryl methyl sites for hydroxylation is 1. The van der Waals surface area contributed by atoms with Crippen molar-refractivity contribution in [3.8, 4) is 11.5 Å². The lowest BCUT2D eigenvalue weighted by Gasteiger charge is -2.39. The number of benzene rings is 2. The summed E-state index contributed by atoms with van der Waals surface area (Å²) in [5.41, 5.74) is 4.63. The molecule has 0 spiro atoms. The number of carbonyl (C=O) groups excluding carboxylic acids is 1. The Morgan fingerprint density at radius 2 is 1.78 bits per heavy atom. The van der Waals surface area contributed by atoms with Crippen molar-refractivity contribution in [1.82, 2.24) is 9.88 Å². The first-order valence-electron chi connectivity index (χ1n) is 12.5. The number of aromatic nitrogens is 1. The van der Waals surface area contributed by atoms with Crippen LogP contribution in [0.25, 0.3) is 0 Å². The SMILES string of the molecule is CCc1ccc(COc2ccc(C3CN(C(=O)c4cc(COC[C@H](O)CO)ccn4)C3)cc2OC)cc1. The van der Waals surface area contributed by atoms with Gasteiger partial charge in [0.15, 0.2) is 11.5 Å². The van der Waals surface area contributed by atoms with Gasteiger partial charge in [-0.05, 0) is 52.9 Å². The third-order valence-corrected chi connectivity index (χ3v) is 6.49. The van der Waals surface area contributed by atoms with Crippen LogP contribution in [-0.2, 0) is 24.4 Å². The van der Waals surface area contributed by atoms with E-state index in [0.717, 1.165) is 23.1 Å². The Morgan fingerprint density at radius 3 is 2.49 bits per heavy atom. The van der Waals surface area contributed by atoms with E-state index in [1.807, 2.05) is 18.2 Å². The van der Waals surface area contributed by atoms with Crippen molar-refractivity contribution in [2.45, 2.75) is 38.6 Å². The lowest BCUT2D eigenvalue weighted by molar-refractivity contribution is -0.0000165. The van der Waals surface area contributed by atoms with Gasteiger partial charge in [0.25, 0.3) is 5.91 Å². The van der Waals surface area contributed by atoms with Crippen LogP contribution in [0.5, 0.6) is 11.5 Å². The molecule has 8 heteroatoms. The summed E-state index contributed by atoms with van der Waals surface area (Å²) in [6, 6.07) is 17.8. The maximum absolute atomic E-state index is 12.9. The molecule has 3 aromatic rings. The van der Waals surface area contributed by atoms with E-state index in [-0.39, 0.29) is 31.6 Å². The minimum absolute atomic E-state index is 0.0231. The maximum Gasteiger partial charge on any atom is 0.272 e. The summed E-state index contributed by atoms with van der Waals surface area (Å²) in [6.07, 6.45) is 1.67. The number of hydrogen-bond donors (Lipinski definition) is 2. The molecular weight excluding hydrogens is 472 g/mol. The standard InChI is InChI=1S/C29H34N2O6/c1-3-20-4-6-21(7-5-20)18-37-27-9-8-23(13-28(27)35-2)24-14-31(15-24)29(34)26-12-22(10-11-30-26)17-36-19-25(33)16-32/h4-13,24-25,32-33H,3,14-19H2,1-2H3/t25-/m1/s1. The molecule has 37 heavy (non-hydrogen) atoms. The molecule has 2 heterocycles. The fourth-order valence-electron chi connectivity index (χ4n) is 4.15. The van der Waals surface area contributed by atoms with Gasteiger partial charge in [-0.2, -0.15) is 0 Å². The molecule has 0 aliphatic carbocycles. The van der Waals surface area contributed by atoms with Crippen molar-refractivity contribution in [2.24, 2.45) is 0 Å². The maximum atomic E-state index is 12.9. The Bertz CT molecular complexity index is 1180. The highest BCUT2D eigenvalue weighted by atomic mass is 16.5. The molecule has 1 amide bonds. The Kier molecular flexibility index (Phi) is 9.11. The zero-order chi connectivity index (χ0) is 26.2. The van der Waals surface area contributed by atoms with Crippen LogP contribution in [0.4, 0.5) is 0 Å². The first-order valence-corrected chi connectivity index (χ1v) is 12.5. The van der Waals surface area contributed by atoms with E-state index in [0.29, 0.717) is 36.9 Å². The van der Waals surface area contributed by atoms with E-state index in [2.05, 4.69) is 36.2 Å². The van der Waals surface area contributed by atoms with Gasteiger partial charge in [0.2, 0.25) is 0 Å². The third-order valence-electron chi connectivity index (χ3n) is 6.49. The Morgan fingerprint density at radius 1 is 1.03 bits per heavy atom. The van der Waals surface area contributed by atoms with Crippen LogP contribution in [-0.4, -0.2) is 65.5 Å². The van der Waals surface area contributed by atoms with Crippen molar-refractivity contribution in [1.29, 1.82) is 0 Å². The van der Waals surface area contributed by atoms with Gasteiger partial charge in [0.1, 0.15) is 18.4 Å². The van der Waals surface area contributed by atoms with Gasteiger partial charge >= 0.3 is 0 Å². The minimum Gasteiger partial charge on any atom is -0.493 e. The summed E-state index contributed by atoms with van der Waals surface area (Å²) < 4.78 is 17.0. The van der Waals surface area contributed by atoms with Crippen LogP contribution >= 0.6 is 0 Å². The number of carbonyl (C=O) groups is 1. The number of nitrogens with zero attached hydrogens (tertiary/aromatic N) is 2. The van der Waals surface area contributed by atoms with E-state index in [1.165, 1.54) is 5.56 Å². The van der Waals surface area contributed by atoms with E-state index in [4.69, 9.17) is 19.3 Å². The molecule has 0 saturated carbocycles. The second-order valence-electron chi connectivity index (χ2n) is 9.18. The Labute approximate surface area is 217 Å². The second kappa shape index (κ2) is 12.7. The highest BCUT2D eigenvalue weighted by Crippen LogP contribution is 2.35. The summed E-state index contributed by atoms with van der Waals surface area (Å²) in [6.45, 7) is 3.68. The molecule has 1 aliphatic heterocycles. The molecule has 1 fully saturated rings. The van der Waals surface area contributed by atoms with E-state index in [1.54, 1.807) is 30.3 Å². The predicted molar refractivity (Wildman–Crippen MR) is 139 cm³/mol. The van der Waals surface area contributed by atoms with E-state index < -0.39 is 6.10 Å². The first kappa shape index (κ1) is 26.6. The molecule has 0 radical (unpaired) electrons. The number of methoxy groups -OCH3 is 1. The molecule has 1 atom stereocenters. The summed E-state index contributed by atoms with van der Waals surface area (Å²) in [5, 5.41) is 18.3. The summed E-state index contributed by atoms with van der Waals surface area (Å²) in [7, 11) is 1.63. The largest absolute Gasteiger partial charge is 0.493 e. The van der Waals surface area contributed by atoms with Gasteiger partial charge < -0.3 is 29.3 Å². The van der Waals surface area contributed by atoms with Crippen LogP contribution in [0.3, 0.4) is 0 Å². The monoisotopic (exact) mass is 506 g/mol. The first-order chi connectivity index (χ1) is 18.0. The van der Waals surface area contributed by atoms with Crippen molar-refractivity contribution in [3.05, 3.63) is 88.7 Å². The van der Waals surface area contributed by atoms with Crippen LogP contribution in [0.15, 0.2) is 60.8 Å². The van der Waals surface area contributed by atoms with Crippen molar-refractivity contribution in [3.63, 3.8) is 0 Å². The van der Waals surface area contributed by atoms with Gasteiger partial charge in [-0.15, -0.1) is 0 Å². The Hall–Kier alpha value is -3.46. The molecule has 1 aliphatic rings. The second-order valence-corrected chi connectivity index (χ2v) is 9.18. The zero-order valence-electron chi connectivity index (χ0n) is 21.3. The molecule has 2 aromatic carbocycles. The molecule has 196 valence electrons. The minimum atomic E-state index is -0.918. The number of amides is 1. The highest BCUT2D eigenvalue weighted by molar-refractivity contribution is 5.93. The predicted octanol–water partition coefficient (Wildman–Crippen LogP) is 3.34.